The lowest BCUT2D eigenvalue weighted by atomic mass is 10.0. The van der Waals surface area contributed by atoms with Gasteiger partial charge in [-0.15, -0.1) is 0 Å². The maximum absolute atomic E-state index is 5.08. The number of hydrogen-bond acceptors (Lipinski definition) is 3. The van der Waals surface area contributed by atoms with E-state index in [0.717, 1.165) is 60.9 Å². The second-order valence-electron chi connectivity index (χ2n) is 12.1. The lowest BCUT2D eigenvalue weighted by molar-refractivity contribution is 1.17. The second kappa shape index (κ2) is 9.02. The molecule has 5 aromatic carbocycles. The van der Waals surface area contributed by atoms with Gasteiger partial charge in [0.1, 0.15) is 5.65 Å². The van der Waals surface area contributed by atoms with Gasteiger partial charge in [0.2, 0.25) is 0 Å². The van der Waals surface area contributed by atoms with Crippen molar-refractivity contribution in [2.75, 3.05) is 0 Å². The first-order valence-corrected chi connectivity index (χ1v) is 15.8. The van der Waals surface area contributed by atoms with E-state index in [1.54, 1.807) is 6.20 Å². The van der Waals surface area contributed by atoms with Crippen molar-refractivity contribution in [1.29, 1.82) is 0 Å². The zero-order valence-corrected chi connectivity index (χ0v) is 25.0. The summed E-state index contributed by atoms with van der Waals surface area (Å²) in [6, 6.07) is 45.6. The summed E-state index contributed by atoms with van der Waals surface area (Å²) in [6.07, 6.45) is 5.65. The van der Waals surface area contributed by atoms with Crippen LogP contribution in [-0.4, -0.2) is 28.5 Å². The van der Waals surface area contributed by atoms with Crippen LogP contribution in [-0.2, 0) is 0 Å². The molecule has 6 aromatic heterocycles. The Balaban J connectivity index is 1.41. The molecule has 218 valence electrons. The maximum Gasteiger partial charge on any atom is 0.178 e. The summed E-state index contributed by atoms with van der Waals surface area (Å²) >= 11 is 0. The van der Waals surface area contributed by atoms with Crippen molar-refractivity contribution in [2.24, 2.45) is 0 Å². The number of aromatic nitrogens is 6. The molecule has 0 atom stereocenters. The molecule has 11 aromatic rings. The Morgan fingerprint density at radius 3 is 2.00 bits per heavy atom. The van der Waals surface area contributed by atoms with Gasteiger partial charge in [-0.3, -0.25) is 9.38 Å². The third kappa shape index (κ3) is 3.21. The highest BCUT2D eigenvalue weighted by Gasteiger charge is 2.23. The molecular formula is C41H24N6. The fourth-order valence-corrected chi connectivity index (χ4v) is 7.84. The van der Waals surface area contributed by atoms with Crippen molar-refractivity contribution >= 4 is 82.1 Å². The molecule has 0 N–H and O–H groups in total. The van der Waals surface area contributed by atoms with Crippen LogP contribution in [0.15, 0.2) is 146 Å². The Morgan fingerprint density at radius 2 is 1.15 bits per heavy atom. The molecule has 0 aliphatic rings. The minimum atomic E-state index is 0.727. The minimum absolute atomic E-state index is 0.727. The normalized spacial score (nSPS) is 12.3. The average Bonchev–Trinajstić information content (AvgIpc) is 3.79. The van der Waals surface area contributed by atoms with Crippen molar-refractivity contribution in [3.8, 4) is 11.4 Å². The molecule has 0 aliphatic carbocycles. The predicted octanol–water partition coefficient (Wildman–Crippen LogP) is 9.78. The maximum atomic E-state index is 5.08. The molecule has 11 rings (SSSR count). The van der Waals surface area contributed by atoms with E-state index in [-0.39, 0.29) is 0 Å². The minimum Gasteiger partial charge on any atom is -0.309 e. The van der Waals surface area contributed by atoms with E-state index in [2.05, 4.69) is 145 Å². The van der Waals surface area contributed by atoms with Crippen LogP contribution < -0.4 is 0 Å². The van der Waals surface area contributed by atoms with Crippen molar-refractivity contribution < 1.29 is 0 Å². The third-order valence-corrected chi connectivity index (χ3v) is 9.73. The average molecular weight is 601 g/mol. The SMILES string of the molecule is c1ccc(-n2c3ccccc3c3cc4c5ccc6c(c7ccncc7n7c8cccnc8nc67)c5n(-c5ccccc5)c4cc32)cc1. The Morgan fingerprint density at radius 1 is 0.447 bits per heavy atom. The van der Waals surface area contributed by atoms with Gasteiger partial charge in [-0.25, -0.2) is 9.97 Å². The quantitative estimate of drug-likeness (QED) is 0.186. The summed E-state index contributed by atoms with van der Waals surface area (Å²) < 4.78 is 7.04. The molecule has 0 bridgehead atoms. The van der Waals surface area contributed by atoms with E-state index in [0.29, 0.717) is 0 Å². The molecule has 47 heavy (non-hydrogen) atoms. The molecule has 0 saturated heterocycles. The van der Waals surface area contributed by atoms with Gasteiger partial charge >= 0.3 is 0 Å². The molecular weight excluding hydrogens is 576 g/mol. The van der Waals surface area contributed by atoms with Gasteiger partial charge < -0.3 is 9.13 Å². The highest BCUT2D eigenvalue weighted by Crippen LogP contribution is 2.44. The van der Waals surface area contributed by atoms with Gasteiger partial charge in [0.15, 0.2) is 5.65 Å². The standard InChI is InChI=1S/C41H24N6/c1-3-10-25(11-4-1)45-33-15-8-7-14-27(33)31-22-32-28-17-18-30-38(39(28)46(36(32)23-35(31)45)26-12-5-2-6-13-26)29-19-21-42-24-37(29)47-34-16-9-20-43-40(34)44-41(30)47/h1-24H. The van der Waals surface area contributed by atoms with E-state index in [4.69, 9.17) is 4.98 Å². The predicted molar refractivity (Wildman–Crippen MR) is 192 cm³/mol. The Bertz CT molecular complexity index is 3060. The van der Waals surface area contributed by atoms with E-state index < -0.39 is 0 Å². The Kier molecular flexibility index (Phi) is 4.75. The summed E-state index contributed by atoms with van der Waals surface area (Å²) in [4.78, 5) is 14.3. The van der Waals surface area contributed by atoms with Gasteiger partial charge in [0.25, 0.3) is 0 Å². The van der Waals surface area contributed by atoms with Crippen LogP contribution in [0.25, 0.3) is 93.5 Å². The monoisotopic (exact) mass is 600 g/mol. The number of rotatable bonds is 2. The molecule has 0 spiro atoms. The van der Waals surface area contributed by atoms with Crippen molar-refractivity contribution in [3.63, 3.8) is 0 Å². The molecule has 0 amide bonds. The third-order valence-electron chi connectivity index (χ3n) is 9.73. The van der Waals surface area contributed by atoms with Crippen LogP contribution in [0.3, 0.4) is 0 Å². The zero-order valence-electron chi connectivity index (χ0n) is 25.0. The molecule has 6 heteroatoms. The number of imidazole rings is 1. The lowest BCUT2D eigenvalue weighted by Crippen LogP contribution is -1.97. The zero-order chi connectivity index (χ0) is 30.6. The Labute approximate surface area is 267 Å². The summed E-state index contributed by atoms with van der Waals surface area (Å²) in [5.41, 5.74) is 10.5. The smallest absolute Gasteiger partial charge is 0.178 e. The summed E-state index contributed by atoms with van der Waals surface area (Å²) in [5.74, 6) is 0. The molecule has 0 radical (unpaired) electrons. The van der Waals surface area contributed by atoms with Gasteiger partial charge in [-0.1, -0.05) is 60.7 Å². The second-order valence-corrected chi connectivity index (χ2v) is 12.1. The summed E-state index contributed by atoms with van der Waals surface area (Å²) in [5, 5.41) is 8.25. The first-order chi connectivity index (χ1) is 23.3. The molecule has 0 fully saturated rings. The van der Waals surface area contributed by atoms with E-state index in [1.807, 2.05) is 18.5 Å². The first-order valence-electron chi connectivity index (χ1n) is 15.8. The fourth-order valence-electron chi connectivity index (χ4n) is 7.84. The van der Waals surface area contributed by atoms with Crippen LogP contribution in [0.5, 0.6) is 0 Å². The van der Waals surface area contributed by atoms with Gasteiger partial charge in [-0.05, 0) is 66.7 Å². The number of fused-ring (bicyclic) bond motifs is 15. The van der Waals surface area contributed by atoms with Crippen molar-refractivity contribution in [3.05, 3.63) is 146 Å². The summed E-state index contributed by atoms with van der Waals surface area (Å²) in [7, 11) is 0. The molecule has 6 heterocycles. The van der Waals surface area contributed by atoms with Crippen LogP contribution in [0.4, 0.5) is 0 Å². The number of pyridine rings is 3. The number of hydrogen-bond donors (Lipinski definition) is 0. The van der Waals surface area contributed by atoms with Crippen LogP contribution in [0.1, 0.15) is 0 Å². The van der Waals surface area contributed by atoms with E-state index >= 15 is 0 Å². The lowest BCUT2D eigenvalue weighted by Gasteiger charge is -2.13. The van der Waals surface area contributed by atoms with Crippen molar-refractivity contribution in [2.45, 2.75) is 0 Å². The van der Waals surface area contributed by atoms with Crippen molar-refractivity contribution in [1.82, 2.24) is 28.5 Å². The Hall–Kier alpha value is -6.53. The van der Waals surface area contributed by atoms with Gasteiger partial charge in [-0.2, -0.15) is 0 Å². The molecule has 0 saturated carbocycles. The van der Waals surface area contributed by atoms with E-state index in [9.17, 15) is 0 Å². The first kappa shape index (κ1) is 24.8. The highest BCUT2D eigenvalue weighted by molar-refractivity contribution is 6.29. The highest BCUT2D eigenvalue weighted by atomic mass is 15.1. The van der Waals surface area contributed by atoms with Crippen LogP contribution in [0, 0.1) is 0 Å². The number of benzene rings is 5. The summed E-state index contributed by atoms with van der Waals surface area (Å²) in [6.45, 7) is 0. The van der Waals surface area contributed by atoms with Crippen LogP contribution >= 0.6 is 0 Å². The van der Waals surface area contributed by atoms with Crippen LogP contribution in [0.2, 0.25) is 0 Å². The number of nitrogens with zero attached hydrogens (tertiary/aromatic N) is 6. The molecule has 6 nitrogen and oxygen atoms in total. The van der Waals surface area contributed by atoms with Gasteiger partial charge in [0.05, 0.1) is 39.3 Å². The molecule has 0 aliphatic heterocycles. The van der Waals surface area contributed by atoms with Gasteiger partial charge in [0, 0.05) is 61.5 Å². The largest absolute Gasteiger partial charge is 0.309 e. The number of para-hydroxylation sites is 3. The molecule has 0 unspecified atom stereocenters. The topological polar surface area (TPSA) is 52.9 Å². The fraction of sp³-hybridized carbons (Fsp3) is 0. The van der Waals surface area contributed by atoms with E-state index in [1.165, 1.54) is 32.6 Å².